The Kier molecular flexibility index (Phi) is 6.34. The van der Waals surface area contributed by atoms with Gasteiger partial charge in [0.15, 0.2) is 0 Å². The van der Waals surface area contributed by atoms with Crippen LogP contribution in [0.2, 0.25) is 0 Å². The number of carbonyl (C=O) groups is 2. The summed E-state index contributed by atoms with van der Waals surface area (Å²) in [6, 6.07) is 8.01. The van der Waals surface area contributed by atoms with Crippen molar-refractivity contribution in [2.45, 2.75) is 25.1 Å². The predicted molar refractivity (Wildman–Crippen MR) is 91.5 cm³/mol. The molecule has 0 aromatic heterocycles. The van der Waals surface area contributed by atoms with Crippen LogP contribution in [0.5, 0.6) is 0 Å². The molecule has 7 nitrogen and oxygen atoms in total. The average Bonchev–Trinajstić information content (AvgIpc) is 2.61. The number of halogens is 3. The lowest BCUT2D eigenvalue weighted by molar-refractivity contribution is -0.385. The summed E-state index contributed by atoms with van der Waals surface area (Å²) in [5.41, 5.74) is -0.739. The van der Waals surface area contributed by atoms with E-state index in [1.165, 1.54) is 24.3 Å². The maximum Gasteiger partial charge on any atom is 0.416 e. The summed E-state index contributed by atoms with van der Waals surface area (Å²) in [6.45, 7) is 0. The normalized spacial score (nSPS) is 12.2. The van der Waals surface area contributed by atoms with Crippen LogP contribution in [0.4, 0.5) is 18.9 Å². The summed E-state index contributed by atoms with van der Waals surface area (Å²) in [5, 5.41) is 22.6. The van der Waals surface area contributed by atoms with E-state index in [0.29, 0.717) is 0 Å². The number of carboxylic acid groups (broad SMARTS) is 1. The molecule has 0 radical (unpaired) electrons. The van der Waals surface area contributed by atoms with E-state index in [2.05, 4.69) is 5.32 Å². The first-order valence-corrected chi connectivity index (χ1v) is 7.98. The first-order valence-electron chi connectivity index (χ1n) is 7.98. The molecule has 2 aromatic rings. The van der Waals surface area contributed by atoms with Crippen LogP contribution in [-0.4, -0.2) is 27.9 Å². The van der Waals surface area contributed by atoms with Gasteiger partial charge in [-0.05, 0) is 17.7 Å². The highest BCUT2D eigenvalue weighted by Crippen LogP contribution is 2.29. The number of nitrogens with zero attached hydrogens (tertiary/aromatic N) is 1. The molecule has 0 bridgehead atoms. The van der Waals surface area contributed by atoms with Crippen LogP contribution in [0.25, 0.3) is 0 Å². The lowest BCUT2D eigenvalue weighted by Gasteiger charge is -2.15. The summed E-state index contributed by atoms with van der Waals surface area (Å²) >= 11 is 0. The van der Waals surface area contributed by atoms with Gasteiger partial charge in [0.2, 0.25) is 5.91 Å². The quantitative estimate of drug-likeness (QED) is 0.552. The number of hydrogen-bond acceptors (Lipinski definition) is 4. The zero-order chi connectivity index (χ0) is 20.9. The van der Waals surface area contributed by atoms with Crippen molar-refractivity contribution in [2.75, 3.05) is 0 Å². The highest BCUT2D eigenvalue weighted by molar-refractivity contribution is 5.85. The Balaban J connectivity index is 2.07. The molecule has 0 aliphatic rings. The van der Waals surface area contributed by atoms with Crippen molar-refractivity contribution in [3.05, 3.63) is 75.3 Å². The molecule has 0 unspecified atom stereocenters. The molecule has 10 heteroatoms. The van der Waals surface area contributed by atoms with Gasteiger partial charge in [-0.1, -0.05) is 30.3 Å². The van der Waals surface area contributed by atoms with E-state index >= 15 is 0 Å². The summed E-state index contributed by atoms with van der Waals surface area (Å²) in [6.07, 6.45) is -5.15. The molecule has 0 heterocycles. The number of para-hydroxylation sites is 1. The summed E-state index contributed by atoms with van der Waals surface area (Å²) < 4.78 is 37.6. The molecule has 0 aliphatic carbocycles. The number of carbonyl (C=O) groups excluding carboxylic acids is 1. The van der Waals surface area contributed by atoms with Crippen molar-refractivity contribution >= 4 is 17.6 Å². The van der Waals surface area contributed by atoms with E-state index in [1.54, 1.807) is 0 Å². The van der Waals surface area contributed by atoms with Crippen molar-refractivity contribution < 1.29 is 32.8 Å². The molecule has 1 atom stereocenters. The molecular weight excluding hydrogens is 381 g/mol. The minimum atomic E-state index is -4.50. The van der Waals surface area contributed by atoms with Gasteiger partial charge in [-0.2, -0.15) is 13.2 Å². The van der Waals surface area contributed by atoms with Crippen molar-refractivity contribution in [1.29, 1.82) is 0 Å². The number of nitro benzene ring substituents is 1. The second kappa shape index (κ2) is 8.51. The zero-order valence-corrected chi connectivity index (χ0v) is 14.3. The van der Waals surface area contributed by atoms with Crippen molar-refractivity contribution in [3.8, 4) is 0 Å². The predicted octanol–water partition coefficient (Wildman–Crippen LogP) is 2.97. The monoisotopic (exact) mass is 396 g/mol. The van der Waals surface area contributed by atoms with E-state index in [4.69, 9.17) is 0 Å². The standard InChI is InChI=1S/C18H15F3N2O5/c19-18(20,21)13-7-5-11(6-8-13)9-16(24)22-14(17(25)26)10-12-3-1-2-4-15(12)23(27)28/h1-8,14H,9-10H2,(H,22,24)(H,25,26)/t14-/m1/s1. The summed E-state index contributed by atoms with van der Waals surface area (Å²) in [5.74, 6) is -2.12. The molecule has 0 aliphatic heterocycles. The second-order valence-corrected chi connectivity index (χ2v) is 5.92. The van der Waals surface area contributed by atoms with Crippen LogP contribution < -0.4 is 5.32 Å². The minimum absolute atomic E-state index is 0.134. The van der Waals surface area contributed by atoms with Gasteiger partial charge in [-0.15, -0.1) is 0 Å². The van der Waals surface area contributed by atoms with Gasteiger partial charge in [0.25, 0.3) is 5.69 Å². The fourth-order valence-corrected chi connectivity index (χ4v) is 2.52. The Labute approximate surface area is 156 Å². The van der Waals surface area contributed by atoms with E-state index in [1.807, 2.05) is 0 Å². The van der Waals surface area contributed by atoms with Gasteiger partial charge >= 0.3 is 12.1 Å². The lowest BCUT2D eigenvalue weighted by atomic mass is 10.0. The smallest absolute Gasteiger partial charge is 0.416 e. The number of alkyl halides is 3. The van der Waals surface area contributed by atoms with Crippen molar-refractivity contribution in [3.63, 3.8) is 0 Å². The third kappa shape index (κ3) is 5.53. The topological polar surface area (TPSA) is 110 Å². The molecule has 2 rings (SSSR count). The zero-order valence-electron chi connectivity index (χ0n) is 14.3. The van der Waals surface area contributed by atoms with Gasteiger partial charge in [0.05, 0.1) is 16.9 Å². The fraction of sp³-hybridized carbons (Fsp3) is 0.222. The third-order valence-electron chi connectivity index (χ3n) is 3.89. The van der Waals surface area contributed by atoms with Crippen molar-refractivity contribution in [2.24, 2.45) is 0 Å². The van der Waals surface area contributed by atoms with E-state index in [-0.39, 0.29) is 29.7 Å². The molecule has 28 heavy (non-hydrogen) atoms. The first kappa shape index (κ1) is 20.9. The highest BCUT2D eigenvalue weighted by atomic mass is 19.4. The summed E-state index contributed by atoms with van der Waals surface area (Å²) in [4.78, 5) is 33.9. The number of hydrogen-bond donors (Lipinski definition) is 2. The van der Waals surface area contributed by atoms with Crippen LogP contribution in [0, 0.1) is 10.1 Å². The highest BCUT2D eigenvalue weighted by Gasteiger charge is 2.30. The SMILES string of the molecule is O=C(Cc1ccc(C(F)(F)F)cc1)N[C@H](Cc1ccccc1[N+](=O)[O-])C(=O)O. The summed E-state index contributed by atoms with van der Waals surface area (Å²) in [7, 11) is 0. The van der Waals surface area contributed by atoms with Crippen LogP contribution in [0.1, 0.15) is 16.7 Å². The maximum absolute atomic E-state index is 12.5. The van der Waals surface area contributed by atoms with E-state index in [9.17, 15) is 38.0 Å². The first-order chi connectivity index (χ1) is 13.1. The van der Waals surface area contributed by atoms with Gasteiger partial charge in [0.1, 0.15) is 6.04 Å². The van der Waals surface area contributed by atoms with Crippen LogP contribution in [0.3, 0.4) is 0 Å². The van der Waals surface area contributed by atoms with E-state index in [0.717, 1.165) is 24.3 Å². The maximum atomic E-state index is 12.5. The van der Waals surface area contributed by atoms with Crippen molar-refractivity contribution in [1.82, 2.24) is 5.32 Å². The average molecular weight is 396 g/mol. The van der Waals surface area contributed by atoms with Gasteiger partial charge in [-0.3, -0.25) is 14.9 Å². The lowest BCUT2D eigenvalue weighted by Crippen LogP contribution is -2.43. The molecule has 2 N–H and O–H groups in total. The Morgan fingerprint density at radius 1 is 1.11 bits per heavy atom. The number of aliphatic carboxylic acids is 1. The number of rotatable bonds is 7. The largest absolute Gasteiger partial charge is 0.480 e. The minimum Gasteiger partial charge on any atom is -0.480 e. The molecule has 0 spiro atoms. The number of nitro groups is 1. The van der Waals surface area contributed by atoms with E-state index < -0.39 is 34.6 Å². The molecule has 0 saturated heterocycles. The Morgan fingerprint density at radius 3 is 2.25 bits per heavy atom. The number of carboxylic acids is 1. The molecule has 0 saturated carbocycles. The van der Waals surface area contributed by atoms with Gasteiger partial charge in [-0.25, -0.2) is 4.79 Å². The molecule has 148 valence electrons. The number of amides is 1. The number of nitrogens with one attached hydrogen (secondary N) is 1. The van der Waals surface area contributed by atoms with Gasteiger partial charge in [0, 0.05) is 18.1 Å². The Bertz CT molecular complexity index is 882. The molecule has 1 amide bonds. The van der Waals surface area contributed by atoms with Crippen LogP contribution in [-0.2, 0) is 28.6 Å². The molecule has 0 fully saturated rings. The third-order valence-corrected chi connectivity index (χ3v) is 3.89. The van der Waals surface area contributed by atoms with Gasteiger partial charge < -0.3 is 10.4 Å². The fourth-order valence-electron chi connectivity index (χ4n) is 2.52. The Morgan fingerprint density at radius 2 is 1.71 bits per heavy atom. The van der Waals surface area contributed by atoms with Crippen LogP contribution >= 0.6 is 0 Å². The Hall–Kier alpha value is -3.43. The molecule has 2 aromatic carbocycles. The number of benzene rings is 2. The van der Waals surface area contributed by atoms with Crippen LogP contribution in [0.15, 0.2) is 48.5 Å². The second-order valence-electron chi connectivity index (χ2n) is 5.92. The molecular formula is C18H15F3N2O5.